The lowest BCUT2D eigenvalue weighted by Gasteiger charge is -2.10. The Morgan fingerprint density at radius 1 is 1.00 bits per heavy atom. The fourth-order valence-corrected chi connectivity index (χ4v) is 3.50. The van der Waals surface area contributed by atoms with E-state index in [0.29, 0.717) is 11.5 Å². The van der Waals surface area contributed by atoms with Crippen molar-refractivity contribution in [2.45, 2.75) is 6.42 Å². The van der Waals surface area contributed by atoms with Gasteiger partial charge in [-0.3, -0.25) is 14.5 Å². The number of carbonyl (C=O) groups is 1. The molecule has 4 rings (SSSR count). The minimum absolute atomic E-state index is 0.152. The van der Waals surface area contributed by atoms with Crippen LogP contribution in [-0.2, 0) is 18.3 Å². The SMILES string of the molecule is Cn1nc(-c2ccc(F)cc2)c(-c2ccncc2)c1NC(=O)Cc1ccc(Br)cc1. The Morgan fingerprint density at radius 2 is 1.67 bits per heavy atom. The van der Waals surface area contributed by atoms with E-state index in [1.807, 2.05) is 36.4 Å². The van der Waals surface area contributed by atoms with Crippen LogP contribution in [0.1, 0.15) is 5.56 Å². The molecule has 0 aliphatic carbocycles. The molecule has 4 aromatic rings. The summed E-state index contributed by atoms with van der Waals surface area (Å²) in [6.07, 6.45) is 3.61. The van der Waals surface area contributed by atoms with E-state index in [1.54, 1.807) is 36.3 Å². The summed E-state index contributed by atoms with van der Waals surface area (Å²) in [5, 5.41) is 7.61. The molecular formula is C23H18BrFN4O. The molecule has 1 amide bonds. The van der Waals surface area contributed by atoms with Crippen LogP contribution in [0.2, 0.25) is 0 Å². The smallest absolute Gasteiger partial charge is 0.229 e. The van der Waals surface area contributed by atoms with Crippen LogP contribution in [0.15, 0.2) is 77.5 Å². The molecule has 0 saturated heterocycles. The first-order chi connectivity index (χ1) is 14.5. The second-order valence-electron chi connectivity index (χ2n) is 6.79. The van der Waals surface area contributed by atoms with Crippen molar-refractivity contribution in [2.24, 2.45) is 7.05 Å². The van der Waals surface area contributed by atoms with E-state index in [-0.39, 0.29) is 18.1 Å². The number of nitrogens with one attached hydrogen (secondary N) is 1. The number of amides is 1. The molecule has 1 N–H and O–H groups in total. The molecule has 0 saturated carbocycles. The summed E-state index contributed by atoms with van der Waals surface area (Å²) in [5.74, 6) is 0.104. The number of carbonyl (C=O) groups excluding carboxylic acids is 1. The van der Waals surface area contributed by atoms with Gasteiger partial charge in [0.15, 0.2) is 0 Å². The molecule has 0 bridgehead atoms. The Morgan fingerprint density at radius 3 is 2.33 bits per heavy atom. The average Bonchev–Trinajstić information content (AvgIpc) is 3.07. The van der Waals surface area contributed by atoms with Crippen molar-refractivity contribution in [2.75, 3.05) is 5.32 Å². The summed E-state index contributed by atoms with van der Waals surface area (Å²) < 4.78 is 16.0. The third-order valence-electron chi connectivity index (χ3n) is 4.67. The van der Waals surface area contributed by atoms with Crippen molar-refractivity contribution in [3.63, 3.8) is 0 Å². The summed E-state index contributed by atoms with van der Waals surface area (Å²) in [6.45, 7) is 0. The maximum atomic E-state index is 13.4. The largest absolute Gasteiger partial charge is 0.310 e. The molecule has 0 atom stereocenters. The third-order valence-corrected chi connectivity index (χ3v) is 5.20. The number of rotatable bonds is 5. The van der Waals surface area contributed by atoms with Crippen LogP contribution >= 0.6 is 15.9 Å². The maximum absolute atomic E-state index is 13.4. The number of benzene rings is 2. The standard InChI is InChI=1S/C23H18BrFN4O/c1-29-23(27-20(30)14-15-2-6-18(24)7-3-15)21(16-10-12-26-13-11-16)22(28-29)17-4-8-19(25)9-5-17/h2-13H,14H2,1H3,(H,27,30). The molecule has 2 heterocycles. The zero-order valence-corrected chi connectivity index (χ0v) is 17.7. The zero-order chi connectivity index (χ0) is 21.1. The minimum atomic E-state index is -0.317. The average molecular weight is 465 g/mol. The molecule has 30 heavy (non-hydrogen) atoms. The van der Waals surface area contributed by atoms with Crippen LogP contribution in [-0.4, -0.2) is 20.7 Å². The topological polar surface area (TPSA) is 59.8 Å². The van der Waals surface area contributed by atoms with Gasteiger partial charge in [0, 0.05) is 29.5 Å². The quantitative estimate of drug-likeness (QED) is 0.439. The maximum Gasteiger partial charge on any atom is 0.229 e. The van der Waals surface area contributed by atoms with Crippen molar-refractivity contribution in [1.82, 2.24) is 14.8 Å². The highest BCUT2D eigenvalue weighted by Gasteiger charge is 2.21. The highest BCUT2D eigenvalue weighted by molar-refractivity contribution is 9.10. The molecule has 2 aromatic carbocycles. The first-order valence-corrected chi connectivity index (χ1v) is 10.1. The number of hydrogen-bond acceptors (Lipinski definition) is 3. The number of aryl methyl sites for hydroxylation is 1. The van der Waals surface area contributed by atoms with Crippen LogP contribution in [0.25, 0.3) is 22.4 Å². The second kappa shape index (κ2) is 8.59. The van der Waals surface area contributed by atoms with E-state index in [9.17, 15) is 9.18 Å². The molecule has 0 aliphatic heterocycles. The summed E-state index contributed by atoms with van der Waals surface area (Å²) in [4.78, 5) is 16.8. The van der Waals surface area contributed by atoms with Gasteiger partial charge in [0.25, 0.3) is 0 Å². The highest BCUT2D eigenvalue weighted by atomic mass is 79.9. The van der Waals surface area contributed by atoms with Crippen LogP contribution in [0.4, 0.5) is 10.2 Å². The van der Waals surface area contributed by atoms with E-state index in [1.165, 1.54) is 12.1 Å². The molecule has 7 heteroatoms. The molecule has 0 unspecified atom stereocenters. The number of pyridine rings is 1. The van der Waals surface area contributed by atoms with E-state index < -0.39 is 0 Å². The third kappa shape index (κ3) is 4.31. The van der Waals surface area contributed by atoms with E-state index >= 15 is 0 Å². The van der Waals surface area contributed by atoms with Gasteiger partial charge in [-0.05, 0) is 59.7 Å². The number of nitrogens with zero attached hydrogens (tertiary/aromatic N) is 3. The van der Waals surface area contributed by atoms with Gasteiger partial charge in [0.1, 0.15) is 17.3 Å². The number of aromatic nitrogens is 3. The van der Waals surface area contributed by atoms with Crippen molar-refractivity contribution in [3.8, 4) is 22.4 Å². The summed E-state index contributed by atoms with van der Waals surface area (Å²) in [5.41, 5.74) is 3.93. The van der Waals surface area contributed by atoms with Gasteiger partial charge < -0.3 is 5.32 Å². The van der Waals surface area contributed by atoms with Gasteiger partial charge >= 0.3 is 0 Å². The molecular weight excluding hydrogens is 447 g/mol. The summed E-state index contributed by atoms with van der Waals surface area (Å²) in [7, 11) is 1.77. The molecule has 5 nitrogen and oxygen atoms in total. The fraction of sp³-hybridized carbons (Fsp3) is 0.0870. The zero-order valence-electron chi connectivity index (χ0n) is 16.1. The number of hydrogen-bond donors (Lipinski definition) is 1. The Labute approximate surface area is 181 Å². The monoisotopic (exact) mass is 464 g/mol. The Kier molecular flexibility index (Phi) is 5.72. The normalized spacial score (nSPS) is 10.8. The van der Waals surface area contributed by atoms with Gasteiger partial charge in [0.05, 0.1) is 12.0 Å². The minimum Gasteiger partial charge on any atom is -0.310 e. The molecule has 150 valence electrons. The van der Waals surface area contributed by atoms with E-state index in [2.05, 4.69) is 31.3 Å². The van der Waals surface area contributed by atoms with Crippen molar-refractivity contribution in [1.29, 1.82) is 0 Å². The second-order valence-corrected chi connectivity index (χ2v) is 7.71. The van der Waals surface area contributed by atoms with Crippen LogP contribution < -0.4 is 5.32 Å². The summed E-state index contributed by atoms with van der Waals surface area (Å²) in [6, 6.07) is 17.5. The summed E-state index contributed by atoms with van der Waals surface area (Å²) >= 11 is 3.40. The van der Waals surface area contributed by atoms with Gasteiger partial charge in [-0.15, -0.1) is 0 Å². The number of halogens is 2. The lowest BCUT2D eigenvalue weighted by molar-refractivity contribution is -0.115. The predicted octanol–water partition coefficient (Wildman–Crippen LogP) is 5.23. The highest BCUT2D eigenvalue weighted by Crippen LogP contribution is 2.37. The van der Waals surface area contributed by atoms with Crippen molar-refractivity contribution >= 4 is 27.7 Å². The van der Waals surface area contributed by atoms with Crippen LogP contribution in [0, 0.1) is 5.82 Å². The lowest BCUT2D eigenvalue weighted by atomic mass is 10.0. The van der Waals surface area contributed by atoms with Gasteiger partial charge in [-0.25, -0.2) is 4.39 Å². The van der Waals surface area contributed by atoms with Gasteiger partial charge in [-0.2, -0.15) is 5.10 Å². The molecule has 0 aliphatic rings. The van der Waals surface area contributed by atoms with Crippen molar-refractivity contribution in [3.05, 3.63) is 88.9 Å². The molecule has 0 spiro atoms. The Hall–Kier alpha value is -3.32. The predicted molar refractivity (Wildman–Crippen MR) is 118 cm³/mol. The molecule has 2 aromatic heterocycles. The Balaban J connectivity index is 1.72. The van der Waals surface area contributed by atoms with Gasteiger partial charge in [-0.1, -0.05) is 28.1 Å². The number of anilines is 1. The van der Waals surface area contributed by atoms with Crippen LogP contribution in [0.5, 0.6) is 0 Å². The molecule has 0 radical (unpaired) electrons. The lowest BCUT2D eigenvalue weighted by Crippen LogP contribution is -2.17. The van der Waals surface area contributed by atoms with Gasteiger partial charge in [0.2, 0.25) is 5.91 Å². The van der Waals surface area contributed by atoms with E-state index in [0.717, 1.165) is 26.7 Å². The Bertz CT molecular complexity index is 1170. The first-order valence-electron chi connectivity index (χ1n) is 9.29. The van der Waals surface area contributed by atoms with Crippen LogP contribution in [0.3, 0.4) is 0 Å². The van der Waals surface area contributed by atoms with E-state index in [4.69, 9.17) is 0 Å². The first kappa shape index (κ1) is 20.0. The molecule has 0 fully saturated rings. The van der Waals surface area contributed by atoms with Crippen molar-refractivity contribution < 1.29 is 9.18 Å². The fourth-order valence-electron chi connectivity index (χ4n) is 3.23.